The molecule has 0 amide bonds. The standard InChI is InChI=1S/C13H16N2O2/c1-8-2-3-10-5-9(6-11(14)13(16)17)7-15-12(10)4-8/h3-5,7-8,11H,2,6,14H2,1H3,(H,16,17). The largest absolute Gasteiger partial charge is 0.480 e. The quantitative estimate of drug-likeness (QED) is 0.746. The molecule has 2 atom stereocenters. The zero-order chi connectivity index (χ0) is 12.4. The van der Waals surface area contributed by atoms with E-state index in [9.17, 15) is 4.79 Å². The van der Waals surface area contributed by atoms with E-state index in [1.54, 1.807) is 6.20 Å². The van der Waals surface area contributed by atoms with E-state index in [-0.39, 0.29) is 0 Å². The number of nitrogens with zero attached hydrogens (tertiary/aromatic N) is 1. The third-order valence-electron chi connectivity index (χ3n) is 2.93. The van der Waals surface area contributed by atoms with E-state index in [0.717, 1.165) is 22.6 Å². The monoisotopic (exact) mass is 232 g/mol. The Morgan fingerprint density at radius 1 is 1.71 bits per heavy atom. The Morgan fingerprint density at radius 3 is 3.18 bits per heavy atom. The number of pyridine rings is 1. The van der Waals surface area contributed by atoms with Gasteiger partial charge in [0, 0.05) is 6.20 Å². The van der Waals surface area contributed by atoms with Crippen molar-refractivity contribution in [3.63, 3.8) is 0 Å². The van der Waals surface area contributed by atoms with Crippen molar-refractivity contribution in [1.29, 1.82) is 0 Å². The van der Waals surface area contributed by atoms with Crippen molar-refractivity contribution in [3.8, 4) is 0 Å². The third-order valence-corrected chi connectivity index (χ3v) is 2.93. The van der Waals surface area contributed by atoms with Gasteiger partial charge in [0.05, 0.1) is 5.35 Å². The highest BCUT2D eigenvalue weighted by atomic mass is 16.4. The van der Waals surface area contributed by atoms with Crippen molar-refractivity contribution in [3.05, 3.63) is 28.4 Å². The highest BCUT2D eigenvalue weighted by Crippen LogP contribution is 2.06. The SMILES string of the molecule is CC1C=c2ncc(CC(N)C(=O)O)cc2=CC1. The molecule has 0 aromatic carbocycles. The molecule has 0 saturated carbocycles. The number of nitrogens with two attached hydrogens (primary N) is 1. The Balaban J connectivity index is 2.29. The fraction of sp³-hybridized carbons (Fsp3) is 0.385. The molecule has 1 aliphatic rings. The summed E-state index contributed by atoms with van der Waals surface area (Å²) in [4.78, 5) is 15.0. The Hall–Kier alpha value is -1.68. The minimum absolute atomic E-state index is 0.318. The molecule has 90 valence electrons. The van der Waals surface area contributed by atoms with Gasteiger partial charge in [0.1, 0.15) is 6.04 Å². The van der Waals surface area contributed by atoms with Crippen LogP contribution in [0.2, 0.25) is 0 Å². The van der Waals surface area contributed by atoms with Crippen molar-refractivity contribution in [2.45, 2.75) is 25.8 Å². The summed E-state index contributed by atoms with van der Waals surface area (Å²) in [6.45, 7) is 2.15. The van der Waals surface area contributed by atoms with Gasteiger partial charge in [-0.2, -0.15) is 0 Å². The van der Waals surface area contributed by atoms with Crippen LogP contribution in [0.3, 0.4) is 0 Å². The van der Waals surface area contributed by atoms with E-state index in [0.29, 0.717) is 12.3 Å². The van der Waals surface area contributed by atoms with Gasteiger partial charge in [0.2, 0.25) is 0 Å². The molecule has 0 radical (unpaired) electrons. The third kappa shape index (κ3) is 2.71. The van der Waals surface area contributed by atoms with Crippen molar-refractivity contribution in [2.75, 3.05) is 0 Å². The molecule has 4 nitrogen and oxygen atoms in total. The highest BCUT2D eigenvalue weighted by Gasteiger charge is 2.12. The summed E-state index contributed by atoms with van der Waals surface area (Å²) in [5.74, 6) is -0.464. The molecule has 0 saturated heterocycles. The van der Waals surface area contributed by atoms with E-state index in [4.69, 9.17) is 10.8 Å². The number of hydrogen-bond donors (Lipinski definition) is 2. The molecule has 4 heteroatoms. The number of carboxylic acids is 1. The van der Waals surface area contributed by atoms with E-state index in [1.165, 1.54) is 0 Å². The summed E-state index contributed by atoms with van der Waals surface area (Å²) >= 11 is 0. The molecule has 0 spiro atoms. The van der Waals surface area contributed by atoms with Crippen LogP contribution in [0.15, 0.2) is 12.3 Å². The summed E-state index contributed by atoms with van der Waals surface area (Å²) in [5.41, 5.74) is 6.37. The van der Waals surface area contributed by atoms with Gasteiger partial charge in [-0.3, -0.25) is 9.78 Å². The van der Waals surface area contributed by atoms with Gasteiger partial charge in [-0.05, 0) is 35.6 Å². The average Bonchev–Trinajstić information content (AvgIpc) is 2.29. The fourth-order valence-corrected chi connectivity index (χ4v) is 1.94. The maximum absolute atomic E-state index is 10.7. The number of hydrogen-bond acceptors (Lipinski definition) is 3. The topological polar surface area (TPSA) is 76.2 Å². The second kappa shape index (κ2) is 4.67. The molecule has 2 unspecified atom stereocenters. The molecule has 0 fully saturated rings. The lowest BCUT2D eigenvalue weighted by atomic mass is 10.00. The zero-order valence-electron chi connectivity index (χ0n) is 9.76. The van der Waals surface area contributed by atoms with Crippen LogP contribution in [0, 0.1) is 5.92 Å². The molecule has 17 heavy (non-hydrogen) atoms. The number of carbonyl (C=O) groups is 1. The van der Waals surface area contributed by atoms with Gasteiger partial charge >= 0.3 is 5.97 Å². The maximum atomic E-state index is 10.7. The lowest BCUT2D eigenvalue weighted by Crippen LogP contribution is -2.35. The normalized spacial score (nSPS) is 19.8. The second-order valence-corrected chi connectivity index (χ2v) is 4.55. The molecular weight excluding hydrogens is 216 g/mol. The number of fused-ring (bicyclic) bond motifs is 1. The molecule has 1 heterocycles. The summed E-state index contributed by atoms with van der Waals surface area (Å²) in [6, 6.07) is 1.12. The van der Waals surface area contributed by atoms with Gasteiger partial charge in [-0.25, -0.2) is 0 Å². The molecule has 1 aromatic heterocycles. The van der Waals surface area contributed by atoms with Gasteiger partial charge < -0.3 is 10.8 Å². The Kier molecular flexibility index (Phi) is 3.24. The lowest BCUT2D eigenvalue weighted by molar-refractivity contribution is -0.138. The van der Waals surface area contributed by atoms with E-state index in [2.05, 4.69) is 24.1 Å². The molecule has 0 aliphatic heterocycles. The number of rotatable bonds is 3. The van der Waals surface area contributed by atoms with Crippen molar-refractivity contribution in [1.82, 2.24) is 4.98 Å². The Labute approximate surface area is 99.5 Å². The van der Waals surface area contributed by atoms with Crippen molar-refractivity contribution in [2.24, 2.45) is 11.7 Å². The molecule has 0 bridgehead atoms. The van der Waals surface area contributed by atoms with Gasteiger partial charge in [-0.1, -0.05) is 19.1 Å². The fourth-order valence-electron chi connectivity index (χ4n) is 1.94. The van der Waals surface area contributed by atoms with Gasteiger partial charge in [0.15, 0.2) is 0 Å². The molecule has 1 aliphatic carbocycles. The zero-order valence-corrected chi connectivity index (χ0v) is 9.76. The minimum atomic E-state index is -0.980. The van der Waals surface area contributed by atoms with E-state index < -0.39 is 12.0 Å². The number of aromatic nitrogens is 1. The molecule has 2 rings (SSSR count). The van der Waals surface area contributed by atoms with Crippen molar-refractivity contribution >= 4 is 18.1 Å². The summed E-state index contributed by atoms with van der Waals surface area (Å²) in [7, 11) is 0. The smallest absolute Gasteiger partial charge is 0.320 e. The van der Waals surface area contributed by atoms with Crippen LogP contribution in [-0.2, 0) is 11.2 Å². The highest BCUT2D eigenvalue weighted by molar-refractivity contribution is 5.73. The van der Waals surface area contributed by atoms with Gasteiger partial charge in [0.25, 0.3) is 0 Å². The molecule has 1 aromatic rings. The predicted molar refractivity (Wildman–Crippen MR) is 65.5 cm³/mol. The molecular formula is C13H16N2O2. The van der Waals surface area contributed by atoms with Crippen LogP contribution < -0.4 is 16.3 Å². The Morgan fingerprint density at radius 2 is 2.47 bits per heavy atom. The number of carboxylic acid groups (broad SMARTS) is 1. The van der Waals surface area contributed by atoms with Crippen LogP contribution in [0.4, 0.5) is 0 Å². The summed E-state index contributed by atoms with van der Waals surface area (Å²) in [6.07, 6.45) is 7.31. The first-order chi connectivity index (χ1) is 8.06. The van der Waals surface area contributed by atoms with E-state index >= 15 is 0 Å². The first-order valence-electron chi connectivity index (χ1n) is 5.71. The first-order valence-corrected chi connectivity index (χ1v) is 5.71. The average molecular weight is 232 g/mol. The minimum Gasteiger partial charge on any atom is -0.480 e. The van der Waals surface area contributed by atoms with Crippen LogP contribution in [0.1, 0.15) is 18.9 Å². The summed E-state index contributed by atoms with van der Waals surface area (Å²) in [5, 5.41) is 10.8. The van der Waals surface area contributed by atoms with Crippen LogP contribution in [0.25, 0.3) is 12.2 Å². The number of aliphatic carboxylic acids is 1. The Bertz CT molecular complexity index is 551. The van der Waals surface area contributed by atoms with E-state index in [1.807, 2.05) is 6.07 Å². The van der Waals surface area contributed by atoms with Gasteiger partial charge in [-0.15, -0.1) is 0 Å². The van der Waals surface area contributed by atoms with Crippen LogP contribution in [0.5, 0.6) is 0 Å². The van der Waals surface area contributed by atoms with Crippen LogP contribution >= 0.6 is 0 Å². The maximum Gasteiger partial charge on any atom is 0.320 e. The lowest BCUT2D eigenvalue weighted by Gasteiger charge is -2.09. The molecule has 3 N–H and O–H groups in total. The first kappa shape index (κ1) is 11.8. The predicted octanol–water partition coefficient (Wildman–Crippen LogP) is -0.363. The second-order valence-electron chi connectivity index (χ2n) is 4.55. The summed E-state index contributed by atoms with van der Waals surface area (Å²) < 4.78 is 0. The van der Waals surface area contributed by atoms with Crippen molar-refractivity contribution < 1.29 is 9.90 Å². The van der Waals surface area contributed by atoms with Crippen LogP contribution in [-0.4, -0.2) is 22.1 Å².